The van der Waals surface area contributed by atoms with E-state index in [9.17, 15) is 19.7 Å². The highest BCUT2D eigenvalue weighted by atomic mass is 16.6. The molecule has 0 N–H and O–H groups in total. The summed E-state index contributed by atoms with van der Waals surface area (Å²) in [7, 11) is 0. The molecule has 1 aromatic rings. The molecular formula is C23H27N3O5. The van der Waals surface area contributed by atoms with E-state index in [4.69, 9.17) is 9.73 Å². The third kappa shape index (κ3) is 4.04. The van der Waals surface area contributed by atoms with Gasteiger partial charge in [0, 0.05) is 54.5 Å². The van der Waals surface area contributed by atoms with Gasteiger partial charge in [-0.05, 0) is 24.3 Å². The molecule has 2 atom stereocenters. The molecule has 1 fully saturated rings. The van der Waals surface area contributed by atoms with E-state index in [0.717, 1.165) is 11.3 Å². The molecule has 4 rings (SSSR count). The van der Waals surface area contributed by atoms with Gasteiger partial charge in [-0.1, -0.05) is 26.0 Å². The molecule has 1 amide bonds. The Morgan fingerprint density at radius 2 is 1.84 bits per heavy atom. The van der Waals surface area contributed by atoms with Crippen molar-refractivity contribution in [2.75, 3.05) is 26.3 Å². The average molecular weight is 425 g/mol. The highest BCUT2D eigenvalue weighted by Gasteiger charge is 2.46. The van der Waals surface area contributed by atoms with E-state index in [0.29, 0.717) is 50.4 Å². The molecule has 1 saturated heterocycles. The van der Waals surface area contributed by atoms with Crippen LogP contribution in [0.25, 0.3) is 0 Å². The van der Waals surface area contributed by atoms with Crippen LogP contribution in [0.3, 0.4) is 0 Å². The number of morpholine rings is 1. The molecule has 0 saturated carbocycles. The van der Waals surface area contributed by atoms with Gasteiger partial charge in [0.2, 0.25) is 5.91 Å². The van der Waals surface area contributed by atoms with Gasteiger partial charge in [0.1, 0.15) is 0 Å². The number of nitro groups is 1. The van der Waals surface area contributed by atoms with Gasteiger partial charge in [-0.15, -0.1) is 0 Å². The maximum Gasteiger partial charge on any atom is 0.269 e. The Hall–Kier alpha value is -2.87. The summed E-state index contributed by atoms with van der Waals surface area (Å²) < 4.78 is 5.39. The molecule has 31 heavy (non-hydrogen) atoms. The Kier molecular flexibility index (Phi) is 5.51. The highest BCUT2D eigenvalue weighted by molar-refractivity contribution is 6.10. The second-order valence-electron chi connectivity index (χ2n) is 9.30. The van der Waals surface area contributed by atoms with Crippen molar-refractivity contribution in [3.05, 3.63) is 51.2 Å². The van der Waals surface area contributed by atoms with E-state index in [1.54, 1.807) is 17.0 Å². The fourth-order valence-electron chi connectivity index (χ4n) is 4.91. The van der Waals surface area contributed by atoms with E-state index in [-0.39, 0.29) is 22.8 Å². The molecule has 8 nitrogen and oxygen atoms in total. The van der Waals surface area contributed by atoms with Crippen LogP contribution in [0.15, 0.2) is 40.5 Å². The van der Waals surface area contributed by atoms with Gasteiger partial charge < -0.3 is 9.64 Å². The Bertz CT molecular complexity index is 987. The predicted molar refractivity (Wildman–Crippen MR) is 115 cm³/mol. The van der Waals surface area contributed by atoms with Crippen molar-refractivity contribution in [2.24, 2.45) is 16.3 Å². The number of allylic oxidation sites excluding steroid dienone is 2. The number of amides is 1. The number of Topliss-reactive ketones (excluding diaryl/α,β-unsaturated/α-hetero) is 1. The summed E-state index contributed by atoms with van der Waals surface area (Å²) >= 11 is 0. The number of rotatable bonds is 3. The van der Waals surface area contributed by atoms with Gasteiger partial charge in [-0.25, -0.2) is 0 Å². The van der Waals surface area contributed by atoms with Crippen LogP contribution in [0.2, 0.25) is 0 Å². The van der Waals surface area contributed by atoms with Crippen LogP contribution < -0.4 is 0 Å². The zero-order valence-corrected chi connectivity index (χ0v) is 18.1. The lowest BCUT2D eigenvalue weighted by Gasteiger charge is -2.41. The molecule has 0 spiro atoms. The lowest BCUT2D eigenvalue weighted by molar-refractivity contribution is -0.384. The van der Waals surface area contributed by atoms with Gasteiger partial charge in [-0.3, -0.25) is 24.7 Å². The van der Waals surface area contributed by atoms with Crippen molar-refractivity contribution in [2.45, 2.75) is 39.5 Å². The fraction of sp³-hybridized carbons (Fsp3) is 0.522. The van der Waals surface area contributed by atoms with Crippen LogP contribution in [0.1, 0.15) is 45.1 Å². The number of nitro benzene ring substituents is 1. The van der Waals surface area contributed by atoms with Gasteiger partial charge in [0.05, 0.1) is 24.1 Å². The Balaban J connectivity index is 1.81. The number of carbonyl (C=O) groups excluding carboxylic acids is 2. The number of hydrogen-bond donors (Lipinski definition) is 0. The van der Waals surface area contributed by atoms with Crippen molar-refractivity contribution >= 4 is 23.1 Å². The van der Waals surface area contributed by atoms with Crippen LogP contribution >= 0.6 is 0 Å². The number of ketones is 1. The first-order chi connectivity index (χ1) is 14.7. The molecule has 8 heteroatoms. The standard InChI is InChI=1S/C23H27N3O5/c1-14-19(22(28)25-8-10-31-11-9-25)20(15-4-6-16(7-5-15)26(29)30)21-17(24-14)12-23(2,3)13-18(21)27/h4-7,19-20H,8-13H2,1-3H3/t19?,20-/m1/s1. The maximum absolute atomic E-state index is 13.6. The summed E-state index contributed by atoms with van der Waals surface area (Å²) in [5.74, 6) is -1.17. The molecule has 164 valence electrons. The van der Waals surface area contributed by atoms with Crippen LogP contribution in [-0.4, -0.2) is 53.5 Å². The lowest BCUT2D eigenvalue weighted by Crippen LogP contribution is -2.48. The summed E-state index contributed by atoms with van der Waals surface area (Å²) in [5.41, 5.74) is 2.53. The average Bonchev–Trinajstić information content (AvgIpc) is 2.72. The molecular weight excluding hydrogens is 398 g/mol. The SMILES string of the molecule is CC1=NC2=C(C(=O)CC(C)(C)C2)[C@H](c2ccc([N+](=O)[O-])cc2)C1C(=O)N1CCOCC1. The second-order valence-corrected chi connectivity index (χ2v) is 9.30. The zero-order chi connectivity index (χ0) is 22.3. The Morgan fingerprint density at radius 1 is 1.19 bits per heavy atom. The zero-order valence-electron chi connectivity index (χ0n) is 18.1. The number of ether oxygens (including phenoxy) is 1. The first-order valence-electron chi connectivity index (χ1n) is 10.6. The number of aliphatic imine (C=N–C) groups is 1. The topological polar surface area (TPSA) is 102 Å². The monoisotopic (exact) mass is 425 g/mol. The van der Waals surface area contributed by atoms with Crippen molar-refractivity contribution in [3.63, 3.8) is 0 Å². The van der Waals surface area contributed by atoms with Crippen LogP contribution in [0, 0.1) is 21.4 Å². The van der Waals surface area contributed by atoms with E-state index in [1.165, 1.54) is 12.1 Å². The number of hydrogen-bond acceptors (Lipinski definition) is 6. The number of non-ortho nitro benzene ring substituents is 1. The van der Waals surface area contributed by atoms with E-state index in [1.807, 2.05) is 20.8 Å². The van der Waals surface area contributed by atoms with Gasteiger partial charge in [-0.2, -0.15) is 0 Å². The van der Waals surface area contributed by atoms with Crippen molar-refractivity contribution < 1.29 is 19.2 Å². The minimum absolute atomic E-state index is 0.00521. The molecule has 0 bridgehead atoms. The molecule has 2 aliphatic heterocycles. The van der Waals surface area contributed by atoms with Crippen LogP contribution in [0.5, 0.6) is 0 Å². The van der Waals surface area contributed by atoms with Crippen LogP contribution in [0.4, 0.5) is 5.69 Å². The van der Waals surface area contributed by atoms with Gasteiger partial charge in [0.25, 0.3) is 5.69 Å². The van der Waals surface area contributed by atoms with Crippen molar-refractivity contribution in [3.8, 4) is 0 Å². The molecule has 0 radical (unpaired) electrons. The number of carbonyl (C=O) groups is 2. The predicted octanol–water partition coefficient (Wildman–Crippen LogP) is 3.27. The minimum atomic E-state index is -0.608. The van der Waals surface area contributed by atoms with E-state index < -0.39 is 16.8 Å². The summed E-state index contributed by atoms with van der Waals surface area (Å²) in [6.45, 7) is 7.91. The first kappa shape index (κ1) is 21.4. The normalized spacial score (nSPS) is 25.7. The largest absolute Gasteiger partial charge is 0.378 e. The Morgan fingerprint density at radius 3 is 2.45 bits per heavy atom. The summed E-state index contributed by atoms with van der Waals surface area (Å²) in [6.07, 6.45) is 1.05. The second kappa shape index (κ2) is 8.00. The summed E-state index contributed by atoms with van der Waals surface area (Å²) in [6, 6.07) is 6.20. The quantitative estimate of drug-likeness (QED) is 0.546. The van der Waals surface area contributed by atoms with Crippen molar-refractivity contribution in [1.82, 2.24) is 4.90 Å². The van der Waals surface area contributed by atoms with Crippen LogP contribution in [-0.2, 0) is 14.3 Å². The maximum atomic E-state index is 13.6. The third-order valence-electron chi connectivity index (χ3n) is 6.35. The highest BCUT2D eigenvalue weighted by Crippen LogP contribution is 2.48. The number of benzene rings is 1. The number of nitrogens with zero attached hydrogens (tertiary/aromatic N) is 3. The van der Waals surface area contributed by atoms with Crippen molar-refractivity contribution in [1.29, 1.82) is 0 Å². The fourth-order valence-corrected chi connectivity index (χ4v) is 4.91. The third-order valence-corrected chi connectivity index (χ3v) is 6.35. The molecule has 1 aromatic carbocycles. The molecule has 2 heterocycles. The van der Waals surface area contributed by atoms with E-state index in [2.05, 4.69) is 0 Å². The first-order valence-corrected chi connectivity index (χ1v) is 10.6. The Labute approximate surface area is 181 Å². The van der Waals surface area contributed by atoms with Gasteiger partial charge >= 0.3 is 0 Å². The van der Waals surface area contributed by atoms with Gasteiger partial charge in [0.15, 0.2) is 5.78 Å². The summed E-state index contributed by atoms with van der Waals surface area (Å²) in [4.78, 5) is 44.1. The minimum Gasteiger partial charge on any atom is -0.378 e. The molecule has 0 aromatic heterocycles. The lowest BCUT2D eigenvalue weighted by atomic mass is 9.66. The summed E-state index contributed by atoms with van der Waals surface area (Å²) in [5, 5.41) is 11.1. The molecule has 3 aliphatic rings. The molecule has 1 aliphatic carbocycles. The smallest absolute Gasteiger partial charge is 0.269 e. The van der Waals surface area contributed by atoms with E-state index >= 15 is 0 Å². The molecule has 1 unspecified atom stereocenters.